The lowest BCUT2D eigenvalue weighted by molar-refractivity contribution is -0.118. The first kappa shape index (κ1) is 21.9. The molecule has 24 heavy (non-hydrogen) atoms. The number of azide groups is 1. The molecular formula is C20H31N3O. The fraction of sp³-hybridized carbons (Fsp3) is 0.550. The van der Waals surface area contributed by atoms with Crippen molar-refractivity contribution >= 4 is 5.91 Å². The maximum absolute atomic E-state index is 10.9. The molecular weight excluding hydrogens is 298 g/mol. The SMILES string of the molecule is CCCCCC=CCC=CCC=CCC=CCCCC(=O)N=[N+]=[N-]. The molecule has 0 aliphatic heterocycles. The van der Waals surface area contributed by atoms with Crippen molar-refractivity contribution in [3.05, 3.63) is 59.1 Å². The minimum absolute atomic E-state index is 0.322. The molecule has 0 saturated carbocycles. The molecule has 0 aromatic heterocycles. The number of rotatable bonds is 14. The van der Waals surface area contributed by atoms with E-state index in [1.165, 1.54) is 25.7 Å². The van der Waals surface area contributed by atoms with E-state index in [9.17, 15) is 4.79 Å². The molecule has 0 bridgehead atoms. The van der Waals surface area contributed by atoms with Crippen LogP contribution in [0.15, 0.2) is 53.7 Å². The van der Waals surface area contributed by atoms with Crippen LogP contribution >= 0.6 is 0 Å². The molecule has 0 saturated heterocycles. The van der Waals surface area contributed by atoms with Crippen molar-refractivity contribution in [3.8, 4) is 0 Å². The van der Waals surface area contributed by atoms with Gasteiger partial charge >= 0.3 is 0 Å². The second-order valence-corrected chi connectivity index (χ2v) is 5.56. The lowest BCUT2D eigenvalue weighted by Crippen LogP contribution is -1.89. The van der Waals surface area contributed by atoms with Crippen molar-refractivity contribution in [2.24, 2.45) is 5.11 Å². The first-order valence-corrected chi connectivity index (χ1v) is 8.99. The molecule has 4 heteroatoms. The first-order chi connectivity index (χ1) is 11.8. The number of amides is 1. The van der Waals surface area contributed by atoms with Gasteiger partial charge in [0.1, 0.15) is 0 Å². The predicted octanol–water partition coefficient (Wildman–Crippen LogP) is 6.97. The minimum Gasteiger partial charge on any atom is -0.293 e. The van der Waals surface area contributed by atoms with Crippen LogP contribution in [0, 0.1) is 0 Å². The summed E-state index contributed by atoms with van der Waals surface area (Å²) in [5.74, 6) is -0.381. The van der Waals surface area contributed by atoms with E-state index < -0.39 is 0 Å². The summed E-state index contributed by atoms with van der Waals surface area (Å²) in [5, 5.41) is 3.03. The molecule has 0 spiro atoms. The number of hydrogen-bond donors (Lipinski definition) is 0. The molecule has 0 radical (unpaired) electrons. The van der Waals surface area contributed by atoms with Gasteiger partial charge in [-0.15, -0.1) is 0 Å². The molecule has 0 aliphatic rings. The summed E-state index contributed by atoms with van der Waals surface area (Å²) in [6.45, 7) is 2.23. The van der Waals surface area contributed by atoms with Crippen molar-refractivity contribution in [3.63, 3.8) is 0 Å². The van der Waals surface area contributed by atoms with Crippen molar-refractivity contribution < 1.29 is 4.79 Å². The number of hydrogen-bond acceptors (Lipinski definition) is 1. The van der Waals surface area contributed by atoms with Gasteiger partial charge in [-0.2, -0.15) is 0 Å². The largest absolute Gasteiger partial charge is 0.293 e. The first-order valence-electron chi connectivity index (χ1n) is 8.99. The van der Waals surface area contributed by atoms with Crippen LogP contribution in [-0.2, 0) is 4.79 Å². The Labute approximate surface area is 146 Å². The second-order valence-electron chi connectivity index (χ2n) is 5.56. The van der Waals surface area contributed by atoms with Crippen LogP contribution in [-0.4, -0.2) is 5.91 Å². The molecule has 0 fully saturated rings. The van der Waals surface area contributed by atoms with Crippen LogP contribution in [0.1, 0.15) is 71.1 Å². The van der Waals surface area contributed by atoms with Crippen LogP contribution in [0.3, 0.4) is 0 Å². The van der Waals surface area contributed by atoms with Crippen LogP contribution in [0.5, 0.6) is 0 Å². The molecule has 0 N–H and O–H groups in total. The lowest BCUT2D eigenvalue weighted by Gasteiger charge is -1.91. The average Bonchev–Trinajstić information content (AvgIpc) is 2.58. The zero-order valence-electron chi connectivity index (χ0n) is 14.9. The maximum Gasteiger partial charge on any atom is 0.218 e. The Balaban J connectivity index is 3.48. The van der Waals surface area contributed by atoms with E-state index in [0.29, 0.717) is 6.42 Å². The number of allylic oxidation sites excluding steroid dienone is 8. The second kappa shape index (κ2) is 19.0. The summed E-state index contributed by atoms with van der Waals surface area (Å²) in [5.41, 5.74) is 8.09. The van der Waals surface area contributed by atoms with E-state index in [1.807, 2.05) is 0 Å². The summed E-state index contributed by atoms with van der Waals surface area (Å²) in [7, 11) is 0. The van der Waals surface area contributed by atoms with Gasteiger partial charge in [0.25, 0.3) is 0 Å². The number of carbonyl (C=O) groups is 1. The van der Waals surface area contributed by atoms with E-state index in [-0.39, 0.29) is 5.91 Å². The third-order valence-electron chi connectivity index (χ3n) is 3.38. The van der Waals surface area contributed by atoms with E-state index in [0.717, 1.165) is 32.1 Å². The molecule has 0 aromatic carbocycles. The molecule has 4 nitrogen and oxygen atoms in total. The number of carbonyl (C=O) groups excluding carboxylic acids is 1. The molecule has 0 atom stereocenters. The highest BCUT2D eigenvalue weighted by molar-refractivity contribution is 5.76. The Morgan fingerprint density at radius 1 is 0.833 bits per heavy atom. The fourth-order valence-corrected chi connectivity index (χ4v) is 2.03. The summed E-state index contributed by atoms with van der Waals surface area (Å²) < 4.78 is 0. The van der Waals surface area contributed by atoms with Gasteiger partial charge in [0, 0.05) is 11.3 Å². The van der Waals surface area contributed by atoms with E-state index in [4.69, 9.17) is 5.53 Å². The highest BCUT2D eigenvalue weighted by Gasteiger charge is 1.94. The highest BCUT2D eigenvalue weighted by atomic mass is 16.1. The fourth-order valence-electron chi connectivity index (χ4n) is 2.03. The van der Waals surface area contributed by atoms with E-state index in [2.05, 4.69) is 65.6 Å². The van der Waals surface area contributed by atoms with Crippen molar-refractivity contribution in [1.82, 2.24) is 0 Å². The zero-order chi connectivity index (χ0) is 17.7. The van der Waals surface area contributed by atoms with Crippen LogP contribution in [0.2, 0.25) is 0 Å². The molecule has 0 aromatic rings. The molecule has 0 aliphatic carbocycles. The van der Waals surface area contributed by atoms with Crippen molar-refractivity contribution in [2.45, 2.75) is 71.1 Å². The Hall–Kier alpha value is -2.06. The van der Waals surface area contributed by atoms with E-state index >= 15 is 0 Å². The highest BCUT2D eigenvalue weighted by Crippen LogP contribution is 2.02. The van der Waals surface area contributed by atoms with Crippen molar-refractivity contribution in [2.75, 3.05) is 0 Å². The Morgan fingerprint density at radius 3 is 1.83 bits per heavy atom. The quantitative estimate of drug-likeness (QED) is 0.111. The standard InChI is InChI=1S/C20H31N3O/c1-2-3-4-5-6-7-8-9-10-11-12-13-14-15-16-17-18-19-20(24)22-23-21/h6-7,9-10,12-13,15-16H,2-5,8,11,14,17-19H2,1H3. The van der Waals surface area contributed by atoms with Gasteiger partial charge in [-0.3, -0.25) is 4.79 Å². The molecule has 132 valence electrons. The Kier molecular flexibility index (Phi) is 17.4. The number of unbranched alkanes of at least 4 members (excludes halogenated alkanes) is 4. The summed E-state index contributed by atoms with van der Waals surface area (Å²) in [6, 6.07) is 0. The third kappa shape index (κ3) is 18.0. The molecule has 1 amide bonds. The minimum atomic E-state index is -0.381. The van der Waals surface area contributed by atoms with Gasteiger partial charge in [-0.25, -0.2) is 0 Å². The maximum atomic E-state index is 10.9. The average molecular weight is 329 g/mol. The van der Waals surface area contributed by atoms with Gasteiger partial charge in [0.05, 0.1) is 0 Å². The van der Waals surface area contributed by atoms with Gasteiger partial charge in [0.15, 0.2) is 0 Å². The van der Waals surface area contributed by atoms with Gasteiger partial charge in [-0.05, 0) is 55.6 Å². The molecule has 0 rings (SSSR count). The molecule has 0 heterocycles. The van der Waals surface area contributed by atoms with Gasteiger partial charge < -0.3 is 0 Å². The topological polar surface area (TPSA) is 65.8 Å². The van der Waals surface area contributed by atoms with E-state index in [1.54, 1.807) is 0 Å². The zero-order valence-corrected chi connectivity index (χ0v) is 14.9. The predicted molar refractivity (Wildman–Crippen MR) is 103 cm³/mol. The van der Waals surface area contributed by atoms with Crippen LogP contribution in [0.25, 0.3) is 10.4 Å². The normalized spacial score (nSPS) is 11.9. The Bertz CT molecular complexity index is 469. The molecule has 0 unspecified atom stereocenters. The summed E-state index contributed by atoms with van der Waals surface area (Å²) >= 11 is 0. The summed E-state index contributed by atoms with van der Waals surface area (Å²) in [6.07, 6.45) is 27.3. The van der Waals surface area contributed by atoms with Crippen molar-refractivity contribution in [1.29, 1.82) is 0 Å². The number of nitrogens with zero attached hydrogens (tertiary/aromatic N) is 3. The van der Waals surface area contributed by atoms with Crippen LogP contribution < -0.4 is 0 Å². The van der Waals surface area contributed by atoms with Crippen LogP contribution in [0.4, 0.5) is 0 Å². The monoisotopic (exact) mass is 329 g/mol. The lowest BCUT2D eigenvalue weighted by atomic mass is 10.2. The van der Waals surface area contributed by atoms with Gasteiger partial charge in [0.2, 0.25) is 5.91 Å². The smallest absolute Gasteiger partial charge is 0.218 e. The summed E-state index contributed by atoms with van der Waals surface area (Å²) in [4.78, 5) is 13.4. The third-order valence-corrected chi connectivity index (χ3v) is 3.38. The van der Waals surface area contributed by atoms with Gasteiger partial charge in [-0.1, -0.05) is 68.4 Å². The Morgan fingerprint density at radius 2 is 1.33 bits per heavy atom.